The Balaban J connectivity index is 1.35. The van der Waals surface area contributed by atoms with E-state index >= 15 is 0 Å². The van der Waals surface area contributed by atoms with Crippen molar-refractivity contribution in [1.29, 1.82) is 0 Å². The Morgan fingerprint density at radius 1 is 0.625 bits per heavy atom. The van der Waals surface area contributed by atoms with Crippen LogP contribution >= 0.6 is 0 Å². The molecular weight excluding hydrogens is 484 g/mol. The third-order valence-corrected chi connectivity index (χ3v) is 8.58. The van der Waals surface area contributed by atoms with Crippen LogP contribution < -0.4 is 4.90 Å². The van der Waals surface area contributed by atoms with Crippen molar-refractivity contribution in [1.82, 2.24) is 4.98 Å². The van der Waals surface area contributed by atoms with Crippen molar-refractivity contribution in [3.8, 4) is 33.5 Å². The summed E-state index contributed by atoms with van der Waals surface area (Å²) in [6.45, 7) is 4.72. The maximum absolute atomic E-state index is 5.22. The van der Waals surface area contributed by atoms with Crippen LogP contribution in [0.25, 0.3) is 50.4 Å². The second-order valence-corrected chi connectivity index (χ2v) is 11.3. The van der Waals surface area contributed by atoms with Crippen LogP contribution in [-0.2, 0) is 5.41 Å². The first-order valence-corrected chi connectivity index (χ1v) is 13.9. The first-order valence-electron chi connectivity index (χ1n) is 13.9. The van der Waals surface area contributed by atoms with Gasteiger partial charge in [-0.2, -0.15) is 0 Å². The Labute approximate surface area is 234 Å². The number of hydrogen-bond acceptors (Lipinski definition) is 2. The summed E-state index contributed by atoms with van der Waals surface area (Å²) in [6, 6.07) is 43.5. The van der Waals surface area contributed by atoms with Gasteiger partial charge in [0, 0.05) is 22.6 Å². The summed E-state index contributed by atoms with van der Waals surface area (Å²) in [6.07, 6.45) is 4.43. The molecule has 0 fully saturated rings. The van der Waals surface area contributed by atoms with Gasteiger partial charge >= 0.3 is 0 Å². The van der Waals surface area contributed by atoms with Gasteiger partial charge in [0.1, 0.15) is 5.82 Å². The molecule has 0 unspecified atom stereocenters. The van der Waals surface area contributed by atoms with E-state index in [1.807, 2.05) is 0 Å². The van der Waals surface area contributed by atoms with E-state index < -0.39 is 0 Å². The van der Waals surface area contributed by atoms with E-state index in [9.17, 15) is 0 Å². The van der Waals surface area contributed by atoms with Crippen molar-refractivity contribution in [2.75, 3.05) is 4.90 Å². The number of pyridine rings is 1. The van der Waals surface area contributed by atoms with Crippen molar-refractivity contribution < 1.29 is 0 Å². The quantitative estimate of drug-likeness (QED) is 0.234. The molecule has 1 aliphatic carbocycles. The molecule has 0 spiro atoms. The van der Waals surface area contributed by atoms with Gasteiger partial charge in [-0.15, -0.1) is 0 Å². The predicted octanol–water partition coefficient (Wildman–Crippen LogP) is 10.00. The maximum Gasteiger partial charge on any atom is 0.138 e. The molecule has 0 bridgehead atoms. The number of nitrogens with zero attached hydrogens (tertiary/aromatic N) is 2. The highest BCUT2D eigenvalue weighted by Crippen LogP contribution is 2.54. The van der Waals surface area contributed by atoms with Crippen molar-refractivity contribution >= 4 is 28.4 Å². The molecule has 2 heterocycles. The van der Waals surface area contributed by atoms with Crippen LogP contribution in [0.2, 0.25) is 0 Å². The fourth-order valence-electron chi connectivity index (χ4n) is 6.74. The highest BCUT2D eigenvalue weighted by molar-refractivity contribution is 6.10. The maximum atomic E-state index is 5.22. The van der Waals surface area contributed by atoms with Crippen molar-refractivity contribution in [2.24, 2.45) is 0 Å². The van der Waals surface area contributed by atoms with Crippen molar-refractivity contribution in [3.63, 3.8) is 0 Å². The summed E-state index contributed by atoms with van der Waals surface area (Å²) in [5.41, 5.74) is 12.3. The molecule has 0 saturated heterocycles. The van der Waals surface area contributed by atoms with Gasteiger partial charge in [0.15, 0.2) is 0 Å². The summed E-state index contributed by atoms with van der Waals surface area (Å²) in [5.74, 6) is 0.914. The minimum absolute atomic E-state index is 0.0684. The average Bonchev–Trinajstić information content (AvgIpc) is 3.24. The minimum atomic E-state index is -0.0684. The SMILES string of the molecule is CC1(C)c2ccccc2-c2cc3c4c(cccc4c21)N(c1cc(-c2ccccc2)cc(-c2ccccc2)n1)C=C3. The van der Waals surface area contributed by atoms with Gasteiger partial charge in [-0.3, -0.25) is 0 Å². The first-order chi connectivity index (χ1) is 19.6. The molecule has 8 rings (SSSR count). The Morgan fingerprint density at radius 2 is 1.35 bits per heavy atom. The van der Waals surface area contributed by atoms with Crippen LogP contribution in [-0.4, -0.2) is 4.98 Å². The molecular formula is C38H28N2. The average molecular weight is 513 g/mol. The topological polar surface area (TPSA) is 16.1 Å². The number of rotatable bonds is 3. The summed E-state index contributed by atoms with van der Waals surface area (Å²) < 4.78 is 0. The highest BCUT2D eigenvalue weighted by atomic mass is 15.2. The first kappa shape index (κ1) is 23.0. The molecule has 2 heteroatoms. The van der Waals surface area contributed by atoms with Crippen LogP contribution in [0.4, 0.5) is 11.5 Å². The Kier molecular flexibility index (Phi) is 4.90. The van der Waals surface area contributed by atoms with E-state index in [0.29, 0.717) is 0 Å². The van der Waals surface area contributed by atoms with Gasteiger partial charge in [0.25, 0.3) is 0 Å². The second-order valence-electron chi connectivity index (χ2n) is 11.3. The molecule has 0 saturated carbocycles. The lowest BCUT2D eigenvalue weighted by molar-refractivity contribution is 0.666. The molecule has 190 valence electrons. The zero-order valence-corrected chi connectivity index (χ0v) is 22.6. The normalized spacial score (nSPS) is 14.3. The molecule has 6 aromatic rings. The monoisotopic (exact) mass is 512 g/mol. The van der Waals surface area contributed by atoms with Crippen LogP contribution in [0, 0.1) is 0 Å². The minimum Gasteiger partial charge on any atom is -0.301 e. The summed E-state index contributed by atoms with van der Waals surface area (Å²) in [5, 5.41) is 2.61. The van der Waals surface area contributed by atoms with Crippen LogP contribution in [0.1, 0.15) is 30.5 Å². The van der Waals surface area contributed by atoms with Crippen LogP contribution in [0.3, 0.4) is 0 Å². The summed E-state index contributed by atoms with van der Waals surface area (Å²) in [4.78, 5) is 7.48. The van der Waals surface area contributed by atoms with E-state index in [2.05, 4.69) is 152 Å². The lowest BCUT2D eigenvalue weighted by atomic mass is 9.79. The van der Waals surface area contributed by atoms with Gasteiger partial charge < -0.3 is 4.90 Å². The molecule has 40 heavy (non-hydrogen) atoms. The largest absolute Gasteiger partial charge is 0.301 e. The van der Waals surface area contributed by atoms with Gasteiger partial charge in [-0.25, -0.2) is 4.98 Å². The lowest BCUT2D eigenvalue weighted by Crippen LogP contribution is -2.17. The van der Waals surface area contributed by atoms with E-state index in [0.717, 1.165) is 22.6 Å². The molecule has 0 atom stereocenters. The molecule has 0 radical (unpaired) electrons. The second kappa shape index (κ2) is 8.53. The number of hydrogen-bond donors (Lipinski definition) is 0. The lowest BCUT2D eigenvalue weighted by Gasteiger charge is -2.29. The highest BCUT2D eigenvalue weighted by Gasteiger charge is 2.38. The Hall–Kier alpha value is -4.95. The van der Waals surface area contributed by atoms with Crippen LogP contribution in [0.5, 0.6) is 0 Å². The smallest absolute Gasteiger partial charge is 0.138 e. The fraction of sp³-hybridized carbons (Fsp3) is 0.0789. The number of benzene rings is 5. The van der Waals surface area contributed by atoms with E-state index in [4.69, 9.17) is 4.98 Å². The Morgan fingerprint density at radius 3 is 2.15 bits per heavy atom. The molecule has 2 nitrogen and oxygen atoms in total. The molecule has 5 aromatic carbocycles. The van der Waals surface area contributed by atoms with Gasteiger partial charge in [0.05, 0.1) is 11.4 Å². The molecule has 2 aliphatic rings. The van der Waals surface area contributed by atoms with E-state index in [-0.39, 0.29) is 5.41 Å². The standard InChI is InChI=1S/C38H28N2/c1-38(2)32-18-10-9-16-29(32)31-22-27-20-21-40(34-19-11-17-30(36(27)34)37(31)38)35-24-28(25-12-5-3-6-13-25)23-33(39-35)26-14-7-4-8-15-26/h3-24H,1-2H3. The summed E-state index contributed by atoms with van der Waals surface area (Å²) >= 11 is 0. The summed E-state index contributed by atoms with van der Waals surface area (Å²) in [7, 11) is 0. The Bertz CT molecular complexity index is 1910. The molecule has 1 aliphatic heterocycles. The van der Waals surface area contributed by atoms with Gasteiger partial charge in [-0.05, 0) is 74.7 Å². The van der Waals surface area contributed by atoms with Crippen LogP contribution in [0.15, 0.2) is 128 Å². The number of aromatic nitrogens is 1. The predicted molar refractivity (Wildman–Crippen MR) is 168 cm³/mol. The number of fused-ring (bicyclic) bond motifs is 4. The van der Waals surface area contributed by atoms with Crippen molar-refractivity contribution in [2.45, 2.75) is 19.3 Å². The zero-order chi connectivity index (χ0) is 26.8. The molecule has 0 N–H and O–H groups in total. The van der Waals surface area contributed by atoms with Crippen molar-refractivity contribution in [3.05, 3.63) is 144 Å². The van der Waals surface area contributed by atoms with E-state index in [1.54, 1.807) is 0 Å². The zero-order valence-electron chi connectivity index (χ0n) is 22.6. The van der Waals surface area contributed by atoms with Gasteiger partial charge in [-0.1, -0.05) is 111 Å². The molecule has 1 aromatic heterocycles. The third kappa shape index (κ3) is 3.32. The van der Waals surface area contributed by atoms with Gasteiger partial charge in [0.2, 0.25) is 0 Å². The molecule has 0 amide bonds. The third-order valence-electron chi connectivity index (χ3n) is 8.58. The number of anilines is 2. The van der Waals surface area contributed by atoms with E-state index in [1.165, 1.54) is 49.8 Å². The fourth-order valence-corrected chi connectivity index (χ4v) is 6.74.